The van der Waals surface area contributed by atoms with Crippen LogP contribution in [0.15, 0.2) is 54.7 Å². The Balaban J connectivity index is 1.34. The molecule has 3 aromatic heterocycles. The number of carbonyl (C=O) groups excluding carboxylic acids is 1. The Kier molecular flexibility index (Phi) is 5.82. The van der Waals surface area contributed by atoms with Gasteiger partial charge in [-0.15, -0.1) is 0 Å². The van der Waals surface area contributed by atoms with Crippen LogP contribution in [0.2, 0.25) is 0 Å². The third-order valence-electron chi connectivity index (χ3n) is 7.32. The van der Waals surface area contributed by atoms with Crippen molar-refractivity contribution < 1.29 is 13.9 Å². The number of hydrogen-bond acceptors (Lipinski definition) is 5. The number of fused-ring (bicyclic) bond motifs is 3. The van der Waals surface area contributed by atoms with E-state index in [0.29, 0.717) is 35.9 Å². The van der Waals surface area contributed by atoms with Crippen molar-refractivity contribution >= 4 is 17.4 Å². The van der Waals surface area contributed by atoms with Crippen LogP contribution in [-0.4, -0.2) is 52.4 Å². The van der Waals surface area contributed by atoms with Crippen LogP contribution in [0.25, 0.3) is 5.65 Å². The molecule has 4 heterocycles. The largest absolute Gasteiger partial charge is 0.482 e. The average molecular weight is 500 g/mol. The van der Waals surface area contributed by atoms with E-state index in [1.165, 1.54) is 0 Å². The normalized spacial score (nSPS) is 17.1. The summed E-state index contributed by atoms with van der Waals surface area (Å²) in [6.07, 6.45) is 4.73. The molecule has 0 spiro atoms. The van der Waals surface area contributed by atoms with Gasteiger partial charge in [-0.2, -0.15) is 0 Å². The van der Waals surface area contributed by atoms with Gasteiger partial charge < -0.3 is 18.9 Å². The Bertz CT molecular complexity index is 1490. The van der Waals surface area contributed by atoms with Gasteiger partial charge in [0.15, 0.2) is 6.61 Å². The summed E-state index contributed by atoms with van der Waals surface area (Å²) in [6, 6.07) is 14.4. The molecule has 0 N–H and O–H groups in total. The topological polar surface area (TPSA) is 63.0 Å². The molecule has 1 amide bonds. The van der Waals surface area contributed by atoms with Gasteiger partial charge in [0, 0.05) is 38.8 Å². The van der Waals surface area contributed by atoms with Gasteiger partial charge in [-0.25, -0.2) is 14.4 Å². The van der Waals surface area contributed by atoms with Gasteiger partial charge in [0.25, 0.3) is 5.91 Å². The number of amides is 1. The van der Waals surface area contributed by atoms with Gasteiger partial charge in [0.05, 0.1) is 17.1 Å². The van der Waals surface area contributed by atoms with Gasteiger partial charge >= 0.3 is 0 Å². The number of anilines is 1. The van der Waals surface area contributed by atoms with Crippen LogP contribution in [0.1, 0.15) is 53.0 Å². The molecule has 0 bridgehead atoms. The van der Waals surface area contributed by atoms with Gasteiger partial charge in [-0.1, -0.05) is 18.2 Å². The van der Waals surface area contributed by atoms with Crippen molar-refractivity contribution in [2.24, 2.45) is 0 Å². The monoisotopic (exact) mass is 499 g/mol. The van der Waals surface area contributed by atoms with E-state index < -0.39 is 6.04 Å². The Morgan fingerprint density at radius 2 is 1.97 bits per heavy atom. The molecule has 8 heteroatoms. The van der Waals surface area contributed by atoms with Crippen molar-refractivity contribution in [3.05, 3.63) is 88.8 Å². The Labute approximate surface area is 215 Å². The van der Waals surface area contributed by atoms with Crippen molar-refractivity contribution in [3.8, 4) is 5.75 Å². The summed E-state index contributed by atoms with van der Waals surface area (Å²) >= 11 is 0. The van der Waals surface area contributed by atoms with E-state index in [0.717, 1.165) is 41.3 Å². The second-order valence-corrected chi connectivity index (χ2v) is 10.1. The summed E-state index contributed by atoms with van der Waals surface area (Å²) in [5.41, 5.74) is 4.74. The van der Waals surface area contributed by atoms with Crippen LogP contribution in [0.4, 0.5) is 10.2 Å². The molecule has 1 atom stereocenters. The number of halogens is 1. The van der Waals surface area contributed by atoms with Crippen molar-refractivity contribution in [3.63, 3.8) is 0 Å². The quantitative estimate of drug-likeness (QED) is 0.386. The lowest BCUT2D eigenvalue weighted by molar-refractivity contribution is -0.135. The smallest absolute Gasteiger partial charge is 0.261 e. The number of hydrogen-bond donors (Lipinski definition) is 0. The highest BCUT2D eigenvalue weighted by Crippen LogP contribution is 2.42. The summed E-state index contributed by atoms with van der Waals surface area (Å²) in [7, 11) is 3.85. The zero-order valence-electron chi connectivity index (χ0n) is 21.3. The standard InChI is InChI=1S/C29H30FN5O2/c1-18-24(11-12-25(31-18)33(2)3)37-17-27(36)35-15-13-23-29(34-14-5-4-6-26(34)32-23)28(35)21-10-9-20(16-22(21)30)19-7-8-19/h4-6,9-12,14,16,19,28H,7-8,13,15,17H2,1-3H3. The van der Waals surface area contributed by atoms with E-state index >= 15 is 4.39 Å². The Hall–Kier alpha value is -3.94. The number of rotatable bonds is 6. The number of ether oxygens (including phenoxy) is 1. The predicted octanol–water partition coefficient (Wildman–Crippen LogP) is 4.67. The number of imidazole rings is 1. The molecule has 1 aromatic carbocycles. The number of benzene rings is 1. The first-order valence-corrected chi connectivity index (χ1v) is 12.7. The van der Waals surface area contributed by atoms with E-state index in [2.05, 4.69) is 4.98 Å². The summed E-state index contributed by atoms with van der Waals surface area (Å²) in [5, 5.41) is 0. The zero-order valence-corrected chi connectivity index (χ0v) is 21.3. The molecule has 190 valence electrons. The highest BCUT2D eigenvalue weighted by Gasteiger charge is 2.37. The van der Waals surface area contributed by atoms with Crippen molar-refractivity contribution in [1.82, 2.24) is 19.3 Å². The van der Waals surface area contributed by atoms with Crippen LogP contribution >= 0.6 is 0 Å². The van der Waals surface area contributed by atoms with Crippen LogP contribution in [-0.2, 0) is 11.2 Å². The molecule has 0 saturated heterocycles. The second kappa shape index (κ2) is 9.18. The van der Waals surface area contributed by atoms with Crippen LogP contribution in [0, 0.1) is 12.7 Å². The number of aromatic nitrogens is 3. The number of carbonyl (C=O) groups is 1. The van der Waals surface area contributed by atoms with Crippen molar-refractivity contribution in [2.75, 3.05) is 32.1 Å². The lowest BCUT2D eigenvalue weighted by Crippen LogP contribution is -2.43. The number of pyridine rings is 2. The highest BCUT2D eigenvalue weighted by atomic mass is 19.1. The third kappa shape index (κ3) is 4.30. The van der Waals surface area contributed by atoms with Crippen LogP contribution < -0.4 is 9.64 Å². The first-order valence-electron chi connectivity index (χ1n) is 12.7. The predicted molar refractivity (Wildman–Crippen MR) is 140 cm³/mol. The van der Waals surface area contributed by atoms with E-state index in [4.69, 9.17) is 9.72 Å². The third-order valence-corrected chi connectivity index (χ3v) is 7.32. The van der Waals surface area contributed by atoms with Crippen LogP contribution in [0.3, 0.4) is 0 Å². The van der Waals surface area contributed by atoms with E-state index in [1.54, 1.807) is 11.0 Å². The fourth-order valence-electron chi connectivity index (χ4n) is 5.22. The maximum Gasteiger partial charge on any atom is 0.261 e. The maximum atomic E-state index is 15.7. The fraction of sp³-hybridized carbons (Fsp3) is 0.345. The van der Waals surface area contributed by atoms with Crippen molar-refractivity contribution in [2.45, 2.75) is 38.1 Å². The molecule has 0 radical (unpaired) electrons. The van der Waals surface area contributed by atoms with Gasteiger partial charge in [0.2, 0.25) is 0 Å². The summed E-state index contributed by atoms with van der Waals surface area (Å²) in [4.78, 5) is 26.6. The fourth-order valence-corrected chi connectivity index (χ4v) is 5.22. The first kappa shape index (κ1) is 23.5. The molecule has 1 aliphatic heterocycles. The molecular weight excluding hydrogens is 469 g/mol. The molecule has 37 heavy (non-hydrogen) atoms. The molecule has 1 aliphatic carbocycles. The molecule has 6 rings (SSSR count). The minimum absolute atomic E-state index is 0.159. The highest BCUT2D eigenvalue weighted by molar-refractivity contribution is 5.79. The van der Waals surface area contributed by atoms with Gasteiger partial charge in [0.1, 0.15) is 29.1 Å². The maximum absolute atomic E-state index is 15.7. The molecule has 4 aromatic rings. The Morgan fingerprint density at radius 3 is 2.70 bits per heavy atom. The van der Waals surface area contributed by atoms with Gasteiger partial charge in [-0.3, -0.25) is 4.79 Å². The number of aryl methyl sites for hydroxylation is 1. The van der Waals surface area contributed by atoms with Crippen LogP contribution in [0.5, 0.6) is 5.75 Å². The molecule has 1 fully saturated rings. The Morgan fingerprint density at radius 1 is 1.14 bits per heavy atom. The van der Waals surface area contributed by atoms with E-state index in [-0.39, 0.29) is 18.3 Å². The first-order chi connectivity index (χ1) is 17.9. The molecule has 7 nitrogen and oxygen atoms in total. The summed E-state index contributed by atoms with van der Waals surface area (Å²) < 4.78 is 23.6. The molecular formula is C29H30FN5O2. The number of nitrogens with zero attached hydrogens (tertiary/aromatic N) is 5. The molecule has 2 aliphatic rings. The lowest BCUT2D eigenvalue weighted by Gasteiger charge is -2.36. The SMILES string of the molecule is Cc1nc(N(C)C)ccc1OCC(=O)N1CCc2nc3ccccn3c2C1c1ccc(C2CC2)cc1F. The second-order valence-electron chi connectivity index (χ2n) is 10.1. The van der Waals surface area contributed by atoms with E-state index in [1.807, 2.05) is 79.0 Å². The lowest BCUT2D eigenvalue weighted by atomic mass is 9.93. The summed E-state index contributed by atoms with van der Waals surface area (Å²) in [6.45, 7) is 2.14. The average Bonchev–Trinajstić information content (AvgIpc) is 3.67. The zero-order chi connectivity index (χ0) is 25.7. The molecule has 1 saturated carbocycles. The summed E-state index contributed by atoms with van der Waals surface area (Å²) in [5.74, 6) is 1.33. The van der Waals surface area contributed by atoms with Gasteiger partial charge in [-0.05, 0) is 61.6 Å². The molecule has 1 unspecified atom stereocenters. The minimum Gasteiger partial charge on any atom is -0.482 e. The van der Waals surface area contributed by atoms with Crippen molar-refractivity contribution in [1.29, 1.82) is 0 Å². The van der Waals surface area contributed by atoms with E-state index in [9.17, 15) is 4.79 Å². The minimum atomic E-state index is -0.596.